The van der Waals surface area contributed by atoms with Crippen LogP contribution in [0.2, 0.25) is 0 Å². The summed E-state index contributed by atoms with van der Waals surface area (Å²) in [6.07, 6.45) is 14.9. The molecule has 9 aliphatic carbocycles. The predicted molar refractivity (Wildman–Crippen MR) is 514 cm³/mol. The van der Waals surface area contributed by atoms with Crippen LogP contribution >= 0.6 is 0 Å². The number of rotatable bonds is 40. The van der Waals surface area contributed by atoms with Crippen LogP contribution in [0.4, 0.5) is 14.4 Å². The number of piperidine rings is 3. The van der Waals surface area contributed by atoms with Crippen molar-refractivity contribution in [3.8, 4) is 0 Å². The van der Waals surface area contributed by atoms with Crippen molar-refractivity contribution in [2.45, 2.75) is 358 Å². The van der Waals surface area contributed by atoms with Gasteiger partial charge < -0.3 is 94.0 Å². The lowest BCUT2D eigenvalue weighted by molar-refractivity contribution is -0.157. The zero-order valence-corrected chi connectivity index (χ0v) is 85.5. The van der Waals surface area contributed by atoms with Gasteiger partial charge in [0.25, 0.3) is 17.7 Å². The van der Waals surface area contributed by atoms with E-state index in [1.54, 1.807) is 19.9 Å². The molecule has 15 N–H and O–H groups in total. The van der Waals surface area contributed by atoms with E-state index in [-0.39, 0.29) is 94.1 Å². The molecule has 5 unspecified atom stereocenters. The molecule has 3 saturated heterocycles. The fourth-order valence-electron chi connectivity index (χ4n) is 21.8. The minimum absolute atomic E-state index is 0.0491. The van der Waals surface area contributed by atoms with Crippen molar-refractivity contribution in [2.24, 2.45) is 127 Å². The third-order valence-corrected chi connectivity index (χ3v) is 31.6. The number of fused-ring (bicyclic) bond motifs is 3. The minimum Gasteiger partial charge on any atom is -0.461 e. The monoisotopic (exact) mass is 1940 g/mol. The number of ether oxygens (including phenoxy) is 3. The first-order chi connectivity index (χ1) is 64.7. The Balaban J connectivity index is 0.000000200. The van der Waals surface area contributed by atoms with Gasteiger partial charge in [0.2, 0.25) is 52.8 Å². The van der Waals surface area contributed by atoms with E-state index in [1.807, 2.05) is 162 Å². The van der Waals surface area contributed by atoms with Gasteiger partial charge in [-0.25, -0.2) is 28.8 Å². The maximum absolute atomic E-state index is 14.4. The number of benzene rings is 1. The maximum atomic E-state index is 14.4. The zero-order chi connectivity index (χ0) is 103. The number of primary amides is 3. The van der Waals surface area contributed by atoms with Crippen molar-refractivity contribution >= 4 is 107 Å². The standard InChI is InChI=1S/C38H53N5O7.C33H53N5O7.C32H51N5O7/c1-7-26(23-14-10-8-11-15-23)50-34(48)38(18-12-9-13-19-38)42-35(49)41-30(36(2,3)4)33(47)43-21-24-27(37(24,5)6)28(43)32(46)40-25(20-22-16-17-22)29(44)31(39)45;1-9-10-20(24(39)27(34)40)35-28(41)23-21-19(33(21,7)8)15-38(23)29(42)26(32(4,5)6)37-31(44)36-22(16(2)3)30(43)45-25(17-11-12-17)18-13-14-18;1-15(2)22(29(42)44-16(3)18-11-12-18)35-30(43)36-25(31(4,5)6)28(41)37-14-19-21(32(19,7)8)23(37)27(40)34-20(13-17-9-10-17)24(38)26(33)39/h7-8,10-11,14-15,22,24-28,30H,1,9,12-13,16-21H2,2-6H3,(H2,39,45)(H,40,46)(H2,41,42,49);16-23,25-26H,9-15H2,1-8H3,(H2,34,40)(H,35,41)(H2,36,37,44);15-23,25H,9-14H2,1-8H3,(H2,33,39)(H,34,40)(H2,35,36,43)/t24-,25?,26?,27-,28-,30+;19-,20?,21-,22-,23-,26+;16?,19-,20?,21-,22-,23-,25+/m000/s1. The summed E-state index contributed by atoms with van der Waals surface area (Å²) in [6.45, 7) is 44.4. The van der Waals surface area contributed by atoms with Gasteiger partial charge in [-0.2, -0.15) is 0 Å². The van der Waals surface area contributed by atoms with Crippen LogP contribution in [0.1, 0.15) is 279 Å². The van der Waals surface area contributed by atoms with E-state index in [0.717, 1.165) is 76.2 Å². The number of nitrogens with one attached hydrogen (secondary N) is 9. The van der Waals surface area contributed by atoms with Crippen LogP contribution < -0.4 is 65.1 Å². The molecule has 0 radical (unpaired) electrons. The lowest BCUT2D eigenvalue weighted by Crippen LogP contribution is -2.64. The lowest BCUT2D eigenvalue weighted by atomic mass is 9.81. The Hall–Kier alpha value is -10.6. The van der Waals surface area contributed by atoms with Crippen LogP contribution in [0, 0.1) is 109 Å². The highest BCUT2D eigenvalue weighted by Crippen LogP contribution is 2.67. The van der Waals surface area contributed by atoms with Crippen LogP contribution in [-0.2, 0) is 86.1 Å². The molecule has 0 spiro atoms. The van der Waals surface area contributed by atoms with Gasteiger partial charge in [-0.05, 0) is 199 Å². The number of nitrogens with two attached hydrogens (primary N) is 3. The molecule has 12 fully saturated rings. The van der Waals surface area contributed by atoms with Gasteiger partial charge in [0.05, 0.1) is 18.1 Å². The molecule has 36 heteroatoms. The van der Waals surface area contributed by atoms with Gasteiger partial charge in [0, 0.05) is 19.6 Å². The normalized spacial score (nSPS) is 25.7. The van der Waals surface area contributed by atoms with Gasteiger partial charge in [-0.15, -0.1) is 0 Å². The summed E-state index contributed by atoms with van der Waals surface area (Å²) in [4.78, 5) is 242. The second-order valence-corrected chi connectivity index (χ2v) is 47.5. The Labute approximate surface area is 818 Å². The summed E-state index contributed by atoms with van der Waals surface area (Å²) in [7, 11) is 0. The number of carbonyl (C=O) groups is 18. The van der Waals surface area contributed by atoms with Crippen molar-refractivity contribution in [3.63, 3.8) is 0 Å². The molecular weight excluding hydrogens is 1780 g/mol. The number of nitrogens with zero attached hydrogens (tertiary/aromatic N) is 3. The van der Waals surface area contributed by atoms with E-state index in [4.69, 9.17) is 31.4 Å². The first-order valence-corrected chi connectivity index (χ1v) is 50.6. The Bertz CT molecular complexity index is 4820. The molecule has 9 saturated carbocycles. The number of carbonyl (C=O) groups excluding carboxylic acids is 18. The third-order valence-electron chi connectivity index (χ3n) is 31.6. The van der Waals surface area contributed by atoms with Crippen molar-refractivity contribution < 1.29 is 101 Å². The van der Waals surface area contributed by atoms with E-state index in [9.17, 15) is 86.3 Å². The molecule has 1 aromatic carbocycles. The molecule has 139 heavy (non-hydrogen) atoms. The van der Waals surface area contributed by atoms with Gasteiger partial charge in [-0.3, -0.25) is 57.5 Å². The van der Waals surface area contributed by atoms with Crippen LogP contribution in [0.15, 0.2) is 43.0 Å². The van der Waals surface area contributed by atoms with E-state index >= 15 is 0 Å². The molecule has 13 rings (SSSR count). The van der Waals surface area contributed by atoms with Crippen LogP contribution in [0.25, 0.3) is 0 Å². The van der Waals surface area contributed by atoms with Crippen LogP contribution in [-0.4, -0.2) is 225 Å². The highest BCUT2D eigenvalue weighted by Gasteiger charge is 2.73. The molecule has 0 aromatic heterocycles. The number of hydrogen-bond acceptors (Lipinski definition) is 21. The highest BCUT2D eigenvalue weighted by atomic mass is 16.6. The molecule has 36 nitrogen and oxygen atoms in total. The summed E-state index contributed by atoms with van der Waals surface area (Å²) in [5.74, 6) is -9.41. The Kier molecular flexibility index (Phi) is 33.4. The molecule has 3 aliphatic heterocycles. The maximum Gasteiger partial charge on any atom is 0.332 e. The van der Waals surface area contributed by atoms with Crippen LogP contribution in [0.5, 0.6) is 0 Å². The molecule has 12 aliphatic rings. The summed E-state index contributed by atoms with van der Waals surface area (Å²) in [6, 6.07) is -3.54. The average molecular weight is 1940 g/mol. The number of likely N-dealkylation sites (tertiary alicyclic amines) is 3. The molecule has 15 amide bonds. The summed E-state index contributed by atoms with van der Waals surface area (Å²) >= 11 is 0. The minimum atomic E-state index is -1.30. The van der Waals surface area contributed by atoms with E-state index in [1.165, 1.54) is 14.7 Å². The summed E-state index contributed by atoms with van der Waals surface area (Å²) < 4.78 is 17.5. The topological polar surface area (TPSA) is 531 Å². The second-order valence-electron chi connectivity index (χ2n) is 47.5. The fourth-order valence-corrected chi connectivity index (χ4v) is 21.8. The molecule has 19 atom stereocenters. The molecule has 3 heterocycles. The first kappa shape index (κ1) is 109. The Morgan fingerprint density at radius 3 is 1.09 bits per heavy atom. The van der Waals surface area contributed by atoms with Crippen LogP contribution in [0.3, 0.4) is 0 Å². The number of esters is 3. The van der Waals surface area contributed by atoms with Crippen molar-refractivity contribution in [1.29, 1.82) is 0 Å². The average Bonchev–Trinajstić information content (AvgIpc) is 1.53. The quantitative estimate of drug-likeness (QED) is 0.0129. The molecular formula is C103H157N15O21. The van der Waals surface area contributed by atoms with Gasteiger partial charge in [-0.1, -0.05) is 227 Å². The Morgan fingerprint density at radius 1 is 0.439 bits per heavy atom. The zero-order valence-electron chi connectivity index (χ0n) is 85.5. The number of Topliss-reactive ketones (excluding diaryl/α,β-unsaturated/α-hetero) is 3. The number of ketones is 3. The molecule has 770 valence electrons. The summed E-state index contributed by atoms with van der Waals surface area (Å²) in [5.41, 5.74) is 12.4. The van der Waals surface area contributed by atoms with E-state index < -0.39 is 201 Å². The van der Waals surface area contributed by atoms with E-state index in [2.05, 4.69) is 54.4 Å². The van der Waals surface area contributed by atoms with Crippen molar-refractivity contribution in [2.75, 3.05) is 19.6 Å². The summed E-state index contributed by atoms with van der Waals surface area (Å²) in [5, 5.41) is 25.1. The number of urea groups is 3. The van der Waals surface area contributed by atoms with Gasteiger partial charge in [0.15, 0.2) is 0 Å². The van der Waals surface area contributed by atoms with Gasteiger partial charge in [0.1, 0.15) is 72.2 Å². The largest absolute Gasteiger partial charge is 0.461 e. The van der Waals surface area contributed by atoms with Gasteiger partial charge >= 0.3 is 36.0 Å². The Morgan fingerprint density at radius 2 is 0.777 bits per heavy atom. The highest BCUT2D eigenvalue weighted by molar-refractivity contribution is 6.39. The number of amides is 15. The number of hydrogen-bond donors (Lipinski definition) is 12. The van der Waals surface area contributed by atoms with Crippen molar-refractivity contribution in [3.05, 3.63) is 48.6 Å². The second kappa shape index (κ2) is 42.7. The van der Waals surface area contributed by atoms with E-state index in [0.29, 0.717) is 82.3 Å². The smallest absolute Gasteiger partial charge is 0.332 e. The lowest BCUT2D eigenvalue weighted by Gasteiger charge is -2.40. The fraction of sp³-hybridized carbons (Fsp3) is 0.748. The van der Waals surface area contributed by atoms with Crippen molar-refractivity contribution in [1.82, 2.24) is 62.6 Å². The SMILES string of the molecule is C=CC(OC(=O)C1(NC(=O)N[C@H](C(=O)N2C[C@H]3[C@@H]([C@H]2C(=O)NC(CC2CC2)C(=O)C(N)=O)C3(C)C)C(C)(C)C)CCCCC1)c1ccccc1.CC(OC(=O)[C@@H](NC(=O)N[C@H](C(=O)N1C[C@H]2[C@@H]([C@H]1C(=O)NC(CC1CC1)C(=O)C(N)=O)C2(C)C)C(C)(C)C)C(C)C)C1CC1.CCCC(NC(=O)[C@@H]1[C@@H]2[C@H](CN1C(=O)[C@@H](NC(=O)N[C@H](C(=O)OC(C1CC1)C1CC1)C(C)C)C(C)(C)C)C2(C)C)C(=O)C(N)=O. The molecule has 1 aromatic rings. The predicted octanol–water partition coefficient (Wildman–Crippen LogP) is 7.86. The molecule has 0 bridgehead atoms. The third kappa shape index (κ3) is 25.9. The first-order valence-electron chi connectivity index (χ1n) is 50.6.